The summed E-state index contributed by atoms with van der Waals surface area (Å²) in [6.45, 7) is 4.97. The molecule has 1 atom stereocenters. The molecule has 0 amide bonds. The smallest absolute Gasteiger partial charge is 0.186 e. The maximum atomic E-state index is 5.31. The number of aromatic nitrogens is 1. The summed E-state index contributed by atoms with van der Waals surface area (Å²) in [5.41, 5.74) is 1.12. The number of anilines is 1. The molecule has 6 heteroatoms. The molecule has 1 N–H and O–H groups in total. The van der Waals surface area contributed by atoms with Gasteiger partial charge in [0.2, 0.25) is 0 Å². The zero-order chi connectivity index (χ0) is 13.9. The number of hydrogen-bond acceptors (Lipinski definition) is 6. The summed E-state index contributed by atoms with van der Waals surface area (Å²) in [7, 11) is 1.75. The Morgan fingerprint density at radius 2 is 2.30 bits per heavy atom. The molecule has 1 aliphatic carbocycles. The second kappa shape index (κ2) is 6.64. The van der Waals surface area contributed by atoms with Crippen LogP contribution in [0.25, 0.3) is 0 Å². The molecule has 0 spiro atoms. The van der Waals surface area contributed by atoms with E-state index in [1.54, 1.807) is 7.11 Å². The normalized spacial score (nSPS) is 23.3. The molecule has 0 radical (unpaired) electrons. The van der Waals surface area contributed by atoms with Crippen LogP contribution in [0.5, 0.6) is 0 Å². The number of thiazole rings is 1. The highest BCUT2D eigenvalue weighted by Gasteiger charge is 2.25. The van der Waals surface area contributed by atoms with Crippen molar-refractivity contribution in [1.82, 2.24) is 10.3 Å². The monoisotopic (exact) mass is 313 g/mol. The van der Waals surface area contributed by atoms with Crippen molar-refractivity contribution in [2.45, 2.75) is 45.0 Å². The second-order valence-corrected chi connectivity index (χ2v) is 7.78. The van der Waals surface area contributed by atoms with E-state index in [0.717, 1.165) is 24.8 Å². The third kappa shape index (κ3) is 3.47. The first kappa shape index (κ1) is 14.6. The minimum absolute atomic E-state index is 0.583. The minimum Gasteiger partial charge on any atom is -0.378 e. The maximum Gasteiger partial charge on any atom is 0.186 e. The van der Waals surface area contributed by atoms with E-state index >= 15 is 0 Å². The van der Waals surface area contributed by atoms with Gasteiger partial charge in [0.15, 0.2) is 5.13 Å². The summed E-state index contributed by atoms with van der Waals surface area (Å²) in [6, 6.07) is 1.32. The molecule has 1 aliphatic heterocycles. The van der Waals surface area contributed by atoms with Gasteiger partial charge in [0.05, 0.1) is 12.3 Å². The van der Waals surface area contributed by atoms with Crippen molar-refractivity contribution >= 4 is 28.2 Å². The van der Waals surface area contributed by atoms with Gasteiger partial charge in [-0.1, -0.05) is 0 Å². The maximum absolute atomic E-state index is 5.31. The number of nitrogens with one attached hydrogen (secondary N) is 1. The van der Waals surface area contributed by atoms with Crippen LogP contribution in [0.3, 0.4) is 0 Å². The van der Waals surface area contributed by atoms with Crippen LogP contribution < -0.4 is 10.2 Å². The van der Waals surface area contributed by atoms with Crippen LogP contribution in [-0.2, 0) is 17.9 Å². The average Bonchev–Trinajstić information content (AvgIpc) is 3.19. The van der Waals surface area contributed by atoms with E-state index in [4.69, 9.17) is 9.72 Å². The van der Waals surface area contributed by atoms with Crippen molar-refractivity contribution in [2.75, 3.05) is 30.1 Å². The van der Waals surface area contributed by atoms with Crippen LogP contribution in [0.1, 0.15) is 30.3 Å². The SMILES string of the molecule is COCc1nc(N2CCSCC2C)sc1CNC1CC1. The van der Waals surface area contributed by atoms with E-state index in [1.807, 2.05) is 23.1 Å². The molecule has 20 heavy (non-hydrogen) atoms. The summed E-state index contributed by atoms with van der Waals surface area (Å²) >= 11 is 3.89. The summed E-state index contributed by atoms with van der Waals surface area (Å²) in [5, 5.41) is 4.77. The number of nitrogens with zero attached hydrogens (tertiary/aromatic N) is 2. The molecule has 0 aromatic carbocycles. The quantitative estimate of drug-likeness (QED) is 0.873. The van der Waals surface area contributed by atoms with Gasteiger partial charge in [0.25, 0.3) is 0 Å². The molecule has 0 bridgehead atoms. The van der Waals surface area contributed by atoms with Gasteiger partial charge in [0, 0.05) is 48.7 Å². The van der Waals surface area contributed by atoms with Crippen molar-refractivity contribution in [3.8, 4) is 0 Å². The lowest BCUT2D eigenvalue weighted by Gasteiger charge is -2.32. The number of thioether (sulfide) groups is 1. The molecule has 1 saturated carbocycles. The Kier molecular flexibility index (Phi) is 4.86. The molecule has 2 aliphatic rings. The first-order valence-electron chi connectivity index (χ1n) is 7.33. The lowest BCUT2D eigenvalue weighted by Crippen LogP contribution is -2.40. The van der Waals surface area contributed by atoms with E-state index in [1.165, 1.54) is 34.4 Å². The zero-order valence-corrected chi connectivity index (χ0v) is 13.9. The van der Waals surface area contributed by atoms with Gasteiger partial charge in [-0.3, -0.25) is 0 Å². The first-order valence-corrected chi connectivity index (χ1v) is 9.30. The highest BCUT2D eigenvalue weighted by molar-refractivity contribution is 7.99. The first-order chi connectivity index (χ1) is 9.78. The Morgan fingerprint density at radius 1 is 1.45 bits per heavy atom. The number of rotatable bonds is 6. The Morgan fingerprint density at radius 3 is 3.00 bits per heavy atom. The lowest BCUT2D eigenvalue weighted by molar-refractivity contribution is 0.181. The Labute approximate surface area is 129 Å². The highest BCUT2D eigenvalue weighted by atomic mass is 32.2. The van der Waals surface area contributed by atoms with Gasteiger partial charge in [0.1, 0.15) is 0 Å². The van der Waals surface area contributed by atoms with Crippen molar-refractivity contribution in [1.29, 1.82) is 0 Å². The van der Waals surface area contributed by atoms with Crippen LogP contribution in [0.15, 0.2) is 0 Å². The number of hydrogen-bond donors (Lipinski definition) is 1. The van der Waals surface area contributed by atoms with Gasteiger partial charge in [-0.2, -0.15) is 11.8 Å². The molecule has 2 heterocycles. The fraction of sp³-hybridized carbons (Fsp3) is 0.786. The Bertz CT molecular complexity index is 448. The van der Waals surface area contributed by atoms with Crippen LogP contribution in [-0.4, -0.2) is 42.2 Å². The topological polar surface area (TPSA) is 37.4 Å². The molecule has 4 nitrogen and oxygen atoms in total. The fourth-order valence-electron chi connectivity index (χ4n) is 2.42. The van der Waals surface area contributed by atoms with Crippen LogP contribution in [0.2, 0.25) is 0 Å². The molecule has 1 saturated heterocycles. The van der Waals surface area contributed by atoms with Crippen LogP contribution in [0, 0.1) is 0 Å². The summed E-state index contributed by atoms with van der Waals surface area (Å²) in [6.07, 6.45) is 2.65. The lowest BCUT2D eigenvalue weighted by atomic mass is 10.3. The summed E-state index contributed by atoms with van der Waals surface area (Å²) in [4.78, 5) is 8.65. The number of methoxy groups -OCH3 is 1. The van der Waals surface area contributed by atoms with Gasteiger partial charge < -0.3 is 15.0 Å². The minimum atomic E-state index is 0.583. The van der Waals surface area contributed by atoms with E-state index < -0.39 is 0 Å². The van der Waals surface area contributed by atoms with Crippen molar-refractivity contribution in [3.05, 3.63) is 10.6 Å². The molecule has 2 fully saturated rings. The fourth-order valence-corrected chi connectivity index (χ4v) is 4.57. The van der Waals surface area contributed by atoms with Crippen molar-refractivity contribution in [2.24, 2.45) is 0 Å². The molecule has 1 unspecified atom stereocenters. The van der Waals surface area contributed by atoms with Crippen LogP contribution >= 0.6 is 23.1 Å². The average molecular weight is 313 g/mol. The molecule has 1 aromatic rings. The van der Waals surface area contributed by atoms with Gasteiger partial charge >= 0.3 is 0 Å². The van der Waals surface area contributed by atoms with E-state index in [2.05, 4.69) is 17.1 Å². The Hall–Kier alpha value is -0.300. The van der Waals surface area contributed by atoms with Crippen molar-refractivity contribution in [3.63, 3.8) is 0 Å². The second-order valence-electron chi connectivity index (χ2n) is 5.57. The Balaban J connectivity index is 1.73. The van der Waals surface area contributed by atoms with Gasteiger partial charge in [-0.25, -0.2) is 4.98 Å². The van der Waals surface area contributed by atoms with E-state index in [0.29, 0.717) is 12.6 Å². The summed E-state index contributed by atoms with van der Waals surface area (Å²) in [5.74, 6) is 2.41. The molecule has 3 rings (SSSR count). The highest BCUT2D eigenvalue weighted by Crippen LogP contribution is 2.31. The van der Waals surface area contributed by atoms with Crippen LogP contribution in [0.4, 0.5) is 5.13 Å². The van der Waals surface area contributed by atoms with Crippen molar-refractivity contribution < 1.29 is 4.74 Å². The molecular weight excluding hydrogens is 290 g/mol. The van der Waals surface area contributed by atoms with Gasteiger partial charge in [-0.15, -0.1) is 11.3 Å². The largest absolute Gasteiger partial charge is 0.378 e. The molecule has 112 valence electrons. The third-order valence-corrected chi connectivity index (χ3v) is 6.11. The molecule has 1 aromatic heterocycles. The standard InChI is InChI=1S/C14H23N3OS2/c1-10-9-19-6-5-17(10)14-16-12(8-18-2)13(20-14)7-15-11-3-4-11/h10-11,15H,3-9H2,1-2H3. The predicted octanol–water partition coefficient (Wildman–Crippen LogP) is 2.48. The zero-order valence-electron chi connectivity index (χ0n) is 12.2. The molecular formula is C14H23N3OS2. The summed E-state index contributed by atoms with van der Waals surface area (Å²) < 4.78 is 5.31. The van der Waals surface area contributed by atoms with E-state index in [-0.39, 0.29) is 0 Å². The number of ether oxygens (including phenoxy) is 1. The van der Waals surface area contributed by atoms with Gasteiger partial charge in [-0.05, 0) is 19.8 Å². The predicted molar refractivity (Wildman–Crippen MR) is 86.8 cm³/mol. The van der Waals surface area contributed by atoms with E-state index in [9.17, 15) is 0 Å². The third-order valence-electron chi connectivity index (χ3n) is 3.79.